The van der Waals surface area contributed by atoms with Gasteiger partial charge in [0.2, 0.25) is 0 Å². The number of anilines is 1. The summed E-state index contributed by atoms with van der Waals surface area (Å²) in [7, 11) is 0. The van der Waals surface area contributed by atoms with Gasteiger partial charge in [0.15, 0.2) is 0 Å². The van der Waals surface area contributed by atoms with Crippen molar-refractivity contribution in [1.82, 2.24) is 5.32 Å². The summed E-state index contributed by atoms with van der Waals surface area (Å²) in [6, 6.07) is 19.1. The van der Waals surface area contributed by atoms with E-state index >= 15 is 0 Å². The van der Waals surface area contributed by atoms with Crippen LogP contribution in [0.1, 0.15) is 15.9 Å². The van der Waals surface area contributed by atoms with Crippen LogP contribution in [0, 0.1) is 0 Å². The average Bonchev–Trinajstić information content (AvgIpc) is 2.65. The molecule has 0 unspecified atom stereocenters. The third-order valence-corrected chi connectivity index (χ3v) is 3.93. The van der Waals surface area contributed by atoms with Gasteiger partial charge in [-0.1, -0.05) is 48.5 Å². The molecule has 3 aromatic carbocycles. The number of nitrogens with one attached hydrogen (secondary N) is 2. The zero-order chi connectivity index (χ0) is 19.4. The van der Waals surface area contributed by atoms with Crippen LogP contribution in [0.15, 0.2) is 66.7 Å². The van der Waals surface area contributed by atoms with Crippen molar-refractivity contribution >= 4 is 28.3 Å². The van der Waals surface area contributed by atoms with E-state index in [-0.39, 0.29) is 12.5 Å². The molecule has 2 N–H and O–H groups in total. The standard InChI is InChI=1S/C20H15F3N2O2/c21-20(22,23)19(27)24-12-13-5-3-8-15(11-13)25-18(26)17-10-4-7-14-6-1-2-9-16(14)17/h1-11H,12H2,(H,24,27)(H,25,26). The average molecular weight is 372 g/mol. The van der Waals surface area contributed by atoms with E-state index in [9.17, 15) is 22.8 Å². The summed E-state index contributed by atoms with van der Waals surface area (Å²) in [4.78, 5) is 23.5. The van der Waals surface area contributed by atoms with Crippen molar-refractivity contribution in [2.24, 2.45) is 0 Å². The first-order chi connectivity index (χ1) is 12.8. The summed E-state index contributed by atoms with van der Waals surface area (Å²) >= 11 is 0. The summed E-state index contributed by atoms with van der Waals surface area (Å²) < 4.78 is 36.7. The summed E-state index contributed by atoms with van der Waals surface area (Å²) in [6.07, 6.45) is -4.93. The predicted octanol–water partition coefficient (Wildman–Crippen LogP) is 4.27. The molecule has 27 heavy (non-hydrogen) atoms. The Bertz CT molecular complexity index is 994. The van der Waals surface area contributed by atoms with Crippen molar-refractivity contribution in [1.29, 1.82) is 0 Å². The van der Waals surface area contributed by atoms with E-state index in [1.54, 1.807) is 35.6 Å². The fourth-order valence-corrected chi connectivity index (χ4v) is 2.66. The number of rotatable bonds is 4. The number of hydrogen-bond acceptors (Lipinski definition) is 2. The highest BCUT2D eigenvalue weighted by molar-refractivity contribution is 6.12. The van der Waals surface area contributed by atoms with Gasteiger partial charge in [-0.2, -0.15) is 13.2 Å². The maximum atomic E-state index is 12.6. The van der Waals surface area contributed by atoms with Gasteiger partial charge < -0.3 is 10.6 Å². The third kappa shape index (κ3) is 4.44. The fourth-order valence-electron chi connectivity index (χ4n) is 2.66. The molecule has 0 aliphatic heterocycles. The van der Waals surface area contributed by atoms with E-state index < -0.39 is 12.1 Å². The van der Waals surface area contributed by atoms with Crippen molar-refractivity contribution in [3.05, 3.63) is 77.9 Å². The molecule has 7 heteroatoms. The van der Waals surface area contributed by atoms with Gasteiger partial charge in [-0.15, -0.1) is 0 Å². The Kier molecular flexibility index (Phi) is 5.12. The van der Waals surface area contributed by atoms with Gasteiger partial charge in [0, 0.05) is 17.8 Å². The summed E-state index contributed by atoms with van der Waals surface area (Å²) in [6.45, 7) is -0.295. The topological polar surface area (TPSA) is 58.2 Å². The summed E-state index contributed by atoms with van der Waals surface area (Å²) in [5.41, 5.74) is 1.35. The number of halogens is 3. The number of amides is 2. The molecule has 0 saturated carbocycles. The highest BCUT2D eigenvalue weighted by atomic mass is 19.4. The Morgan fingerprint density at radius 3 is 2.37 bits per heavy atom. The lowest BCUT2D eigenvalue weighted by molar-refractivity contribution is -0.173. The zero-order valence-electron chi connectivity index (χ0n) is 14.0. The Morgan fingerprint density at radius 2 is 1.59 bits per heavy atom. The van der Waals surface area contributed by atoms with Crippen LogP contribution >= 0.6 is 0 Å². The van der Waals surface area contributed by atoms with E-state index in [0.29, 0.717) is 16.8 Å². The third-order valence-electron chi connectivity index (χ3n) is 3.93. The normalized spacial score (nSPS) is 11.2. The summed E-state index contributed by atoms with van der Waals surface area (Å²) in [5.74, 6) is -2.34. The largest absolute Gasteiger partial charge is 0.471 e. The van der Waals surface area contributed by atoms with Crippen molar-refractivity contribution in [3.8, 4) is 0 Å². The van der Waals surface area contributed by atoms with Crippen LogP contribution in [0.25, 0.3) is 10.8 Å². The number of alkyl halides is 3. The Hall–Kier alpha value is -3.35. The lowest BCUT2D eigenvalue weighted by atomic mass is 10.0. The molecular weight excluding hydrogens is 357 g/mol. The SMILES string of the molecule is O=C(Nc1cccc(CNC(=O)C(F)(F)F)c1)c1cccc2ccccc12. The van der Waals surface area contributed by atoms with Crippen LogP contribution in [0.3, 0.4) is 0 Å². The molecule has 0 heterocycles. The monoisotopic (exact) mass is 372 g/mol. The van der Waals surface area contributed by atoms with Crippen LogP contribution in [0.2, 0.25) is 0 Å². The van der Waals surface area contributed by atoms with E-state index in [2.05, 4.69) is 5.32 Å². The molecule has 0 atom stereocenters. The van der Waals surface area contributed by atoms with E-state index in [1.165, 1.54) is 6.07 Å². The van der Waals surface area contributed by atoms with Gasteiger partial charge in [0.05, 0.1) is 0 Å². The lowest BCUT2D eigenvalue weighted by Crippen LogP contribution is -2.36. The van der Waals surface area contributed by atoms with Gasteiger partial charge in [0.1, 0.15) is 0 Å². The van der Waals surface area contributed by atoms with Gasteiger partial charge in [-0.05, 0) is 34.5 Å². The molecule has 0 bridgehead atoms. The van der Waals surface area contributed by atoms with Crippen LogP contribution in [-0.4, -0.2) is 18.0 Å². The van der Waals surface area contributed by atoms with Crippen LogP contribution in [0.4, 0.5) is 18.9 Å². The van der Waals surface area contributed by atoms with Crippen molar-refractivity contribution in [2.75, 3.05) is 5.32 Å². The minimum absolute atomic E-state index is 0.295. The number of hydrogen-bond donors (Lipinski definition) is 2. The molecule has 0 radical (unpaired) electrons. The van der Waals surface area contributed by atoms with Crippen LogP contribution < -0.4 is 10.6 Å². The first-order valence-electron chi connectivity index (χ1n) is 8.08. The molecule has 0 aliphatic rings. The number of fused-ring (bicyclic) bond motifs is 1. The van der Waals surface area contributed by atoms with Gasteiger partial charge in [-0.25, -0.2) is 0 Å². The molecule has 0 fully saturated rings. The molecular formula is C20H15F3N2O2. The fraction of sp³-hybridized carbons (Fsp3) is 0.100. The predicted molar refractivity (Wildman–Crippen MR) is 96.2 cm³/mol. The minimum atomic E-state index is -4.93. The highest BCUT2D eigenvalue weighted by Crippen LogP contribution is 2.20. The van der Waals surface area contributed by atoms with Crippen LogP contribution in [-0.2, 0) is 11.3 Å². The van der Waals surface area contributed by atoms with Gasteiger partial charge in [0.25, 0.3) is 5.91 Å². The maximum Gasteiger partial charge on any atom is 0.471 e. The van der Waals surface area contributed by atoms with Crippen LogP contribution in [0.5, 0.6) is 0 Å². The van der Waals surface area contributed by atoms with E-state index in [4.69, 9.17) is 0 Å². The second-order valence-corrected chi connectivity index (χ2v) is 5.86. The molecule has 2 amide bonds. The number of benzene rings is 3. The van der Waals surface area contributed by atoms with E-state index in [1.807, 2.05) is 30.3 Å². The van der Waals surface area contributed by atoms with Crippen molar-refractivity contribution in [2.45, 2.75) is 12.7 Å². The smallest absolute Gasteiger partial charge is 0.344 e. The first-order valence-corrected chi connectivity index (χ1v) is 8.08. The molecule has 3 rings (SSSR count). The Morgan fingerprint density at radius 1 is 0.889 bits per heavy atom. The van der Waals surface area contributed by atoms with E-state index in [0.717, 1.165) is 10.8 Å². The maximum absolute atomic E-state index is 12.6. The molecule has 0 aromatic heterocycles. The second kappa shape index (κ2) is 7.49. The lowest BCUT2D eigenvalue weighted by Gasteiger charge is -2.11. The van der Waals surface area contributed by atoms with Crippen molar-refractivity contribution < 1.29 is 22.8 Å². The number of carbonyl (C=O) groups is 2. The minimum Gasteiger partial charge on any atom is -0.344 e. The first kappa shape index (κ1) is 18.4. The van der Waals surface area contributed by atoms with Gasteiger partial charge in [-0.3, -0.25) is 9.59 Å². The zero-order valence-corrected chi connectivity index (χ0v) is 14.0. The molecule has 138 valence electrons. The van der Waals surface area contributed by atoms with Gasteiger partial charge >= 0.3 is 12.1 Å². The van der Waals surface area contributed by atoms with Crippen molar-refractivity contribution in [3.63, 3.8) is 0 Å². The summed E-state index contributed by atoms with van der Waals surface area (Å²) in [5, 5.41) is 6.26. The Balaban J connectivity index is 1.74. The number of carbonyl (C=O) groups excluding carboxylic acids is 2. The quantitative estimate of drug-likeness (QED) is 0.719. The second-order valence-electron chi connectivity index (χ2n) is 5.86. The molecule has 4 nitrogen and oxygen atoms in total. The molecule has 0 aliphatic carbocycles. The molecule has 3 aromatic rings. The Labute approximate surface area is 153 Å². The molecule has 0 spiro atoms. The molecule has 0 saturated heterocycles. The highest BCUT2D eigenvalue weighted by Gasteiger charge is 2.38.